The number of amides is 1. The number of hydrogen-bond donors (Lipinski definition) is 0. The van der Waals surface area contributed by atoms with Crippen LogP contribution >= 0.6 is 0 Å². The molecule has 1 amide bonds. The zero-order valence-corrected chi connectivity index (χ0v) is 18.4. The Morgan fingerprint density at radius 1 is 0.903 bits per heavy atom. The minimum absolute atomic E-state index is 0.239. The van der Waals surface area contributed by atoms with Crippen LogP contribution in [0, 0.1) is 0 Å². The van der Waals surface area contributed by atoms with E-state index in [1.165, 1.54) is 23.2 Å². The maximum atomic E-state index is 12.9. The first-order valence-corrected chi connectivity index (χ1v) is 11.1. The third-order valence-electron chi connectivity index (χ3n) is 4.32. The maximum absolute atomic E-state index is 12.9. The minimum atomic E-state index is -0.614. The van der Waals surface area contributed by atoms with E-state index in [0.29, 0.717) is 21.4 Å². The van der Waals surface area contributed by atoms with Crippen LogP contribution in [0.2, 0.25) is 0 Å². The van der Waals surface area contributed by atoms with Gasteiger partial charge in [0.15, 0.2) is 0 Å². The second kappa shape index (κ2) is 8.59. The summed E-state index contributed by atoms with van der Waals surface area (Å²) in [6.07, 6.45) is 0. The molecule has 0 atom stereocenters. The second-order valence-electron chi connectivity index (χ2n) is 6.61. The van der Waals surface area contributed by atoms with Crippen LogP contribution in [0.5, 0.6) is 0 Å². The number of carbonyl (C=O) groups excluding carboxylic acids is 3. The van der Waals surface area contributed by atoms with Crippen molar-refractivity contribution in [2.45, 2.75) is 13.8 Å². The summed E-state index contributed by atoms with van der Waals surface area (Å²) >= 11 is -0.614. The fraction of sp³-hybridized carbons (Fsp3) is 0.0909. The van der Waals surface area contributed by atoms with Crippen LogP contribution < -0.4 is 4.36 Å². The van der Waals surface area contributed by atoms with Gasteiger partial charge in [-0.25, -0.2) is 0 Å². The number of carbonyl (C=O) groups is 3. The van der Waals surface area contributed by atoms with Crippen molar-refractivity contribution in [1.82, 2.24) is 19.6 Å². The molecule has 0 radical (unpaired) electrons. The fourth-order valence-electron chi connectivity index (χ4n) is 2.95. The Morgan fingerprint density at radius 3 is 2.16 bits per heavy atom. The van der Waals surface area contributed by atoms with Crippen LogP contribution in [0.25, 0.3) is 17.1 Å². The number of hydrogen-bond acceptors (Lipinski definition) is 5. The Hall–Kier alpha value is -3.68. The molecule has 31 heavy (non-hydrogen) atoms. The summed E-state index contributed by atoms with van der Waals surface area (Å²) < 4.78 is 3.18. The van der Waals surface area contributed by atoms with Gasteiger partial charge in [0, 0.05) is 0 Å². The van der Waals surface area contributed by atoms with Gasteiger partial charge in [-0.1, -0.05) is 0 Å². The van der Waals surface area contributed by atoms with Gasteiger partial charge in [-0.3, -0.25) is 0 Å². The van der Waals surface area contributed by atoms with Gasteiger partial charge in [-0.2, -0.15) is 0 Å². The van der Waals surface area contributed by atoms with Gasteiger partial charge in [0.1, 0.15) is 0 Å². The zero-order valence-electron chi connectivity index (χ0n) is 16.7. The predicted octanol–water partition coefficient (Wildman–Crippen LogP) is 2.13. The van der Waals surface area contributed by atoms with Crippen molar-refractivity contribution in [3.63, 3.8) is 0 Å². The summed E-state index contributed by atoms with van der Waals surface area (Å²) in [7, 11) is 0. The standard InChI is InChI=1S/C22H17N5O3Se/c1-14(28)23-22-27(25-21(31-22)20(30)17-11-7-4-8-12-17)19-13-18(24-26(19)15(2)29)16-9-5-3-6-10-16/h3-13H,1-2H3. The van der Waals surface area contributed by atoms with Crippen LogP contribution in [0.3, 0.4) is 0 Å². The SMILES string of the molecule is CC(=O)N=c1[se]c(C(=O)c2ccccc2)nn1-c1cc(-c2ccccc2)nn1C(C)=O. The first kappa shape index (κ1) is 20.6. The molecule has 0 saturated carbocycles. The molecule has 0 aliphatic rings. The van der Waals surface area contributed by atoms with E-state index >= 15 is 0 Å². The van der Waals surface area contributed by atoms with Crippen molar-refractivity contribution in [1.29, 1.82) is 0 Å². The average molecular weight is 478 g/mol. The summed E-state index contributed by atoms with van der Waals surface area (Å²) in [6, 6.07) is 19.9. The van der Waals surface area contributed by atoms with E-state index in [4.69, 9.17) is 0 Å². The molecule has 0 bridgehead atoms. The van der Waals surface area contributed by atoms with Gasteiger partial charge in [0.2, 0.25) is 0 Å². The van der Waals surface area contributed by atoms with E-state index in [9.17, 15) is 14.4 Å². The first-order chi connectivity index (χ1) is 14.9. The molecule has 0 unspecified atom stereocenters. The van der Waals surface area contributed by atoms with Gasteiger partial charge in [0.25, 0.3) is 0 Å². The van der Waals surface area contributed by atoms with Gasteiger partial charge >= 0.3 is 183 Å². The third kappa shape index (κ3) is 4.28. The topological polar surface area (TPSA) is 99.2 Å². The molecular formula is C22H17N5O3Se. The zero-order chi connectivity index (χ0) is 22.0. The van der Waals surface area contributed by atoms with E-state index in [-0.39, 0.29) is 16.3 Å². The molecule has 2 aromatic heterocycles. The van der Waals surface area contributed by atoms with Gasteiger partial charge in [-0.05, 0) is 0 Å². The van der Waals surface area contributed by atoms with E-state index in [1.54, 1.807) is 30.3 Å². The Labute approximate surface area is 183 Å². The summed E-state index contributed by atoms with van der Waals surface area (Å²) in [6.45, 7) is 2.71. The van der Waals surface area contributed by atoms with E-state index in [1.807, 2.05) is 36.4 Å². The molecule has 0 fully saturated rings. The van der Waals surface area contributed by atoms with Crippen molar-refractivity contribution >= 4 is 32.1 Å². The quantitative estimate of drug-likeness (QED) is 0.331. The van der Waals surface area contributed by atoms with Crippen LogP contribution in [0.1, 0.15) is 33.6 Å². The molecule has 0 aliphatic heterocycles. The summed E-state index contributed by atoms with van der Waals surface area (Å²) in [5, 5.41) is 8.86. The monoisotopic (exact) mass is 479 g/mol. The van der Waals surface area contributed by atoms with Crippen molar-refractivity contribution in [2.24, 2.45) is 4.99 Å². The van der Waals surface area contributed by atoms with Crippen molar-refractivity contribution in [3.05, 3.63) is 81.2 Å². The number of nitrogens with zero attached hydrogens (tertiary/aromatic N) is 5. The number of benzene rings is 2. The van der Waals surface area contributed by atoms with Crippen LogP contribution in [-0.2, 0) is 4.79 Å². The van der Waals surface area contributed by atoms with Gasteiger partial charge in [-0.15, -0.1) is 0 Å². The molecule has 2 heterocycles. The molecule has 2 aromatic carbocycles. The normalized spacial score (nSPS) is 11.5. The molecule has 4 rings (SSSR count). The molecule has 154 valence electrons. The molecule has 8 nitrogen and oxygen atoms in total. The summed E-state index contributed by atoms with van der Waals surface area (Å²) in [5.41, 5.74) is 1.89. The molecule has 0 aliphatic carbocycles. The van der Waals surface area contributed by atoms with E-state index in [0.717, 1.165) is 5.56 Å². The predicted molar refractivity (Wildman–Crippen MR) is 114 cm³/mol. The third-order valence-corrected chi connectivity index (χ3v) is 6.22. The molecule has 4 aromatic rings. The number of aromatic nitrogens is 4. The first-order valence-electron chi connectivity index (χ1n) is 9.36. The van der Waals surface area contributed by atoms with Gasteiger partial charge < -0.3 is 0 Å². The molecule has 0 N–H and O–H groups in total. The Kier molecular flexibility index (Phi) is 5.70. The number of rotatable bonds is 4. The summed E-state index contributed by atoms with van der Waals surface area (Å²) in [5.74, 6) is -0.659. The Morgan fingerprint density at radius 2 is 1.55 bits per heavy atom. The van der Waals surface area contributed by atoms with Crippen LogP contribution in [-0.4, -0.2) is 51.7 Å². The number of ketones is 1. The van der Waals surface area contributed by atoms with Crippen molar-refractivity contribution in [3.8, 4) is 17.1 Å². The average Bonchev–Trinajstić information content (AvgIpc) is 3.38. The van der Waals surface area contributed by atoms with Crippen LogP contribution in [0.15, 0.2) is 71.7 Å². The van der Waals surface area contributed by atoms with Crippen molar-refractivity contribution in [2.75, 3.05) is 0 Å². The molecule has 9 heteroatoms. The second-order valence-corrected chi connectivity index (χ2v) is 8.62. The fourth-order valence-corrected chi connectivity index (χ4v) is 4.84. The van der Waals surface area contributed by atoms with E-state index < -0.39 is 20.4 Å². The molecular weight excluding hydrogens is 461 g/mol. The Balaban J connectivity index is 1.90. The van der Waals surface area contributed by atoms with E-state index in [2.05, 4.69) is 15.2 Å². The van der Waals surface area contributed by atoms with Crippen LogP contribution in [0.4, 0.5) is 0 Å². The Bertz CT molecular complexity index is 1350. The molecule has 0 spiro atoms. The molecule has 0 saturated heterocycles. The van der Waals surface area contributed by atoms with Gasteiger partial charge in [0.05, 0.1) is 0 Å². The van der Waals surface area contributed by atoms with Crippen molar-refractivity contribution < 1.29 is 14.4 Å². The summed E-state index contributed by atoms with van der Waals surface area (Å²) in [4.78, 5) is 41.0.